The highest BCUT2D eigenvalue weighted by Crippen LogP contribution is 2.32. The standard InChI is InChI=1S/C26H30N2O3/c1-18(23-10-6-8-19-7-4-5-9-24(19)23)27-26(29)17-28(21-11-12-21)16-20-15-22(30-2)13-14-25(20)31-3/h4-10,13-15,18,21H,11-12,16-17H2,1-3H3,(H,27,29). The highest BCUT2D eigenvalue weighted by atomic mass is 16.5. The van der Waals surface area contributed by atoms with Gasteiger partial charge in [-0.05, 0) is 54.3 Å². The topological polar surface area (TPSA) is 50.8 Å². The van der Waals surface area contributed by atoms with Gasteiger partial charge in [-0.1, -0.05) is 42.5 Å². The molecule has 4 rings (SSSR count). The fraction of sp³-hybridized carbons (Fsp3) is 0.346. The molecular weight excluding hydrogens is 388 g/mol. The second-order valence-corrected chi connectivity index (χ2v) is 8.17. The second-order valence-electron chi connectivity index (χ2n) is 8.17. The molecule has 1 atom stereocenters. The zero-order valence-electron chi connectivity index (χ0n) is 18.4. The van der Waals surface area contributed by atoms with E-state index in [4.69, 9.17) is 9.47 Å². The molecule has 1 unspecified atom stereocenters. The molecule has 1 aliphatic rings. The Hall–Kier alpha value is -3.05. The summed E-state index contributed by atoms with van der Waals surface area (Å²) in [6, 6.07) is 20.7. The van der Waals surface area contributed by atoms with E-state index in [9.17, 15) is 4.79 Å². The first kappa shape index (κ1) is 21.2. The quantitative estimate of drug-likeness (QED) is 0.547. The van der Waals surface area contributed by atoms with E-state index in [1.54, 1.807) is 14.2 Å². The highest BCUT2D eigenvalue weighted by molar-refractivity contribution is 5.87. The number of hydrogen-bond acceptors (Lipinski definition) is 4. The molecule has 3 aromatic carbocycles. The van der Waals surface area contributed by atoms with Crippen LogP contribution < -0.4 is 14.8 Å². The Kier molecular flexibility index (Phi) is 6.42. The van der Waals surface area contributed by atoms with Gasteiger partial charge in [-0.3, -0.25) is 9.69 Å². The first-order chi connectivity index (χ1) is 15.1. The number of carbonyl (C=O) groups is 1. The molecule has 5 nitrogen and oxygen atoms in total. The van der Waals surface area contributed by atoms with Gasteiger partial charge in [0.05, 0.1) is 26.8 Å². The van der Waals surface area contributed by atoms with Crippen molar-refractivity contribution in [2.24, 2.45) is 0 Å². The van der Waals surface area contributed by atoms with Crippen molar-refractivity contribution < 1.29 is 14.3 Å². The third-order valence-corrected chi connectivity index (χ3v) is 5.94. The predicted molar refractivity (Wildman–Crippen MR) is 123 cm³/mol. The minimum absolute atomic E-state index is 0.0363. The van der Waals surface area contributed by atoms with Crippen LogP contribution in [-0.4, -0.2) is 37.6 Å². The monoisotopic (exact) mass is 418 g/mol. The van der Waals surface area contributed by atoms with Crippen molar-refractivity contribution in [3.05, 3.63) is 71.8 Å². The van der Waals surface area contributed by atoms with E-state index in [2.05, 4.69) is 34.5 Å². The number of ether oxygens (including phenoxy) is 2. The Labute approximate surface area is 184 Å². The summed E-state index contributed by atoms with van der Waals surface area (Å²) >= 11 is 0. The van der Waals surface area contributed by atoms with E-state index in [1.807, 2.05) is 43.3 Å². The lowest BCUT2D eigenvalue weighted by Crippen LogP contribution is -2.39. The molecule has 1 N–H and O–H groups in total. The van der Waals surface area contributed by atoms with Gasteiger partial charge in [0, 0.05) is 18.2 Å². The molecule has 1 amide bonds. The lowest BCUT2D eigenvalue weighted by Gasteiger charge is -2.24. The Morgan fingerprint density at radius 1 is 1.06 bits per heavy atom. The van der Waals surface area contributed by atoms with Crippen LogP contribution in [0, 0.1) is 0 Å². The summed E-state index contributed by atoms with van der Waals surface area (Å²) in [5.41, 5.74) is 2.17. The fourth-order valence-corrected chi connectivity index (χ4v) is 4.16. The lowest BCUT2D eigenvalue weighted by molar-refractivity contribution is -0.123. The van der Waals surface area contributed by atoms with Gasteiger partial charge in [0.15, 0.2) is 0 Å². The second kappa shape index (κ2) is 9.40. The van der Waals surface area contributed by atoms with Crippen molar-refractivity contribution >= 4 is 16.7 Å². The number of methoxy groups -OCH3 is 2. The SMILES string of the molecule is COc1ccc(OC)c(CN(CC(=O)NC(C)c2cccc3ccccc23)C2CC2)c1. The summed E-state index contributed by atoms with van der Waals surface area (Å²) in [6.07, 6.45) is 2.25. The molecular formula is C26H30N2O3. The van der Waals surface area contributed by atoms with E-state index in [-0.39, 0.29) is 11.9 Å². The third-order valence-electron chi connectivity index (χ3n) is 5.94. The molecule has 0 spiro atoms. The molecule has 5 heteroatoms. The van der Waals surface area contributed by atoms with Crippen LogP contribution in [0.4, 0.5) is 0 Å². The van der Waals surface area contributed by atoms with Crippen molar-refractivity contribution in [2.45, 2.75) is 38.4 Å². The van der Waals surface area contributed by atoms with Crippen LogP contribution in [0.2, 0.25) is 0 Å². The number of rotatable bonds is 9. The lowest BCUT2D eigenvalue weighted by atomic mass is 10.00. The molecule has 31 heavy (non-hydrogen) atoms. The number of benzene rings is 3. The van der Waals surface area contributed by atoms with Crippen LogP contribution in [-0.2, 0) is 11.3 Å². The summed E-state index contributed by atoms with van der Waals surface area (Å²) in [5.74, 6) is 1.64. The largest absolute Gasteiger partial charge is 0.497 e. The van der Waals surface area contributed by atoms with Crippen LogP contribution in [0.1, 0.15) is 36.9 Å². The average molecular weight is 419 g/mol. The maximum absolute atomic E-state index is 13.0. The summed E-state index contributed by atoms with van der Waals surface area (Å²) in [5, 5.41) is 5.57. The van der Waals surface area contributed by atoms with Gasteiger partial charge in [-0.15, -0.1) is 0 Å². The van der Waals surface area contributed by atoms with E-state index >= 15 is 0 Å². The van der Waals surface area contributed by atoms with Crippen LogP contribution in [0.3, 0.4) is 0 Å². The molecule has 0 aromatic heterocycles. The maximum atomic E-state index is 13.0. The molecule has 1 fully saturated rings. The van der Waals surface area contributed by atoms with Gasteiger partial charge in [0.2, 0.25) is 5.91 Å². The van der Waals surface area contributed by atoms with Gasteiger partial charge in [-0.2, -0.15) is 0 Å². The number of carbonyl (C=O) groups excluding carboxylic acids is 1. The molecule has 0 heterocycles. The molecule has 1 aliphatic carbocycles. The predicted octanol–water partition coefficient (Wildman–Crippen LogP) is 4.70. The smallest absolute Gasteiger partial charge is 0.234 e. The number of amides is 1. The number of fused-ring (bicyclic) bond motifs is 1. The normalized spacial score (nSPS) is 14.5. The van der Waals surface area contributed by atoms with Gasteiger partial charge < -0.3 is 14.8 Å². The molecule has 1 saturated carbocycles. The van der Waals surface area contributed by atoms with Crippen LogP contribution in [0.5, 0.6) is 11.5 Å². The van der Waals surface area contributed by atoms with E-state index in [1.165, 1.54) is 10.8 Å². The average Bonchev–Trinajstić information content (AvgIpc) is 3.63. The van der Waals surface area contributed by atoms with Crippen molar-refractivity contribution in [1.82, 2.24) is 10.2 Å². The number of nitrogens with one attached hydrogen (secondary N) is 1. The third kappa shape index (κ3) is 5.00. The Balaban J connectivity index is 1.46. The fourth-order valence-electron chi connectivity index (χ4n) is 4.16. The molecule has 0 radical (unpaired) electrons. The van der Waals surface area contributed by atoms with Crippen molar-refractivity contribution in [3.8, 4) is 11.5 Å². The van der Waals surface area contributed by atoms with Crippen molar-refractivity contribution in [2.75, 3.05) is 20.8 Å². The Bertz CT molecular complexity index is 1060. The van der Waals surface area contributed by atoms with Crippen LogP contribution >= 0.6 is 0 Å². The van der Waals surface area contributed by atoms with Gasteiger partial charge in [0.25, 0.3) is 0 Å². The van der Waals surface area contributed by atoms with Gasteiger partial charge in [-0.25, -0.2) is 0 Å². The van der Waals surface area contributed by atoms with E-state index in [0.29, 0.717) is 19.1 Å². The molecule has 162 valence electrons. The van der Waals surface area contributed by atoms with Crippen molar-refractivity contribution in [1.29, 1.82) is 0 Å². The Morgan fingerprint density at radius 2 is 1.84 bits per heavy atom. The first-order valence-corrected chi connectivity index (χ1v) is 10.8. The molecule has 0 saturated heterocycles. The van der Waals surface area contributed by atoms with E-state index < -0.39 is 0 Å². The number of hydrogen-bond donors (Lipinski definition) is 1. The van der Waals surface area contributed by atoms with Crippen LogP contribution in [0.25, 0.3) is 10.8 Å². The number of nitrogens with zero attached hydrogens (tertiary/aromatic N) is 1. The van der Waals surface area contributed by atoms with Crippen molar-refractivity contribution in [3.63, 3.8) is 0 Å². The Morgan fingerprint density at radius 3 is 2.58 bits per heavy atom. The molecule has 0 aliphatic heterocycles. The summed E-state index contributed by atoms with van der Waals surface area (Å²) < 4.78 is 10.9. The minimum Gasteiger partial charge on any atom is -0.497 e. The van der Waals surface area contributed by atoms with Gasteiger partial charge in [0.1, 0.15) is 11.5 Å². The maximum Gasteiger partial charge on any atom is 0.234 e. The van der Waals surface area contributed by atoms with E-state index in [0.717, 1.165) is 35.5 Å². The highest BCUT2D eigenvalue weighted by Gasteiger charge is 2.31. The molecule has 3 aromatic rings. The molecule has 0 bridgehead atoms. The zero-order chi connectivity index (χ0) is 21.8. The first-order valence-electron chi connectivity index (χ1n) is 10.8. The van der Waals surface area contributed by atoms with Gasteiger partial charge >= 0.3 is 0 Å². The van der Waals surface area contributed by atoms with Crippen LogP contribution in [0.15, 0.2) is 60.7 Å². The summed E-state index contributed by atoms with van der Waals surface area (Å²) in [7, 11) is 3.33. The summed E-state index contributed by atoms with van der Waals surface area (Å²) in [6.45, 7) is 3.06. The minimum atomic E-state index is -0.0639. The zero-order valence-corrected chi connectivity index (χ0v) is 18.4. The summed E-state index contributed by atoms with van der Waals surface area (Å²) in [4.78, 5) is 15.2.